The zero-order valence-corrected chi connectivity index (χ0v) is 10.9. The Balaban J connectivity index is 1.71. The molecule has 0 radical (unpaired) electrons. The van der Waals surface area contributed by atoms with Crippen molar-refractivity contribution >= 4 is 5.97 Å². The van der Waals surface area contributed by atoms with Crippen LogP contribution in [0.1, 0.15) is 12.0 Å². The van der Waals surface area contributed by atoms with Gasteiger partial charge in [-0.15, -0.1) is 0 Å². The lowest BCUT2D eigenvalue weighted by Crippen LogP contribution is -2.46. The van der Waals surface area contributed by atoms with E-state index in [4.69, 9.17) is 5.11 Å². The second kappa shape index (κ2) is 6.02. The van der Waals surface area contributed by atoms with E-state index in [1.54, 1.807) is 0 Å². The highest BCUT2D eigenvalue weighted by Gasteiger charge is 2.17. The van der Waals surface area contributed by atoms with Crippen LogP contribution in [0.25, 0.3) is 0 Å². The highest BCUT2D eigenvalue weighted by molar-refractivity contribution is 5.66. The summed E-state index contributed by atoms with van der Waals surface area (Å²) in [5.74, 6) is -0.707. The number of aryl methyl sites for hydroxylation is 1. The van der Waals surface area contributed by atoms with Gasteiger partial charge in [0.25, 0.3) is 0 Å². The van der Waals surface area contributed by atoms with Gasteiger partial charge in [0.1, 0.15) is 0 Å². The molecule has 1 N–H and O–H groups in total. The van der Waals surface area contributed by atoms with Crippen LogP contribution >= 0.6 is 0 Å². The van der Waals surface area contributed by atoms with Crippen LogP contribution in [0.2, 0.25) is 0 Å². The monoisotopic (exact) mass is 251 g/mol. The molecule has 0 saturated carbocycles. The van der Waals surface area contributed by atoms with Gasteiger partial charge in [0.2, 0.25) is 0 Å². The van der Waals surface area contributed by atoms with Gasteiger partial charge in [-0.25, -0.2) is 0 Å². The van der Waals surface area contributed by atoms with Gasteiger partial charge in [-0.1, -0.05) is 0 Å². The summed E-state index contributed by atoms with van der Waals surface area (Å²) >= 11 is 0. The molecule has 5 heteroatoms. The Morgan fingerprint density at radius 3 is 2.50 bits per heavy atom. The van der Waals surface area contributed by atoms with Crippen LogP contribution in [0.3, 0.4) is 0 Å². The van der Waals surface area contributed by atoms with Crippen molar-refractivity contribution in [1.29, 1.82) is 0 Å². The smallest absolute Gasteiger partial charge is 0.304 e. The fourth-order valence-electron chi connectivity index (χ4n) is 2.34. The molecule has 1 saturated heterocycles. The van der Waals surface area contributed by atoms with Crippen molar-refractivity contribution in [3.8, 4) is 0 Å². The summed E-state index contributed by atoms with van der Waals surface area (Å²) in [4.78, 5) is 15.2. The quantitative estimate of drug-likeness (QED) is 0.833. The molecule has 2 heterocycles. The zero-order valence-electron chi connectivity index (χ0n) is 10.9. The third-order valence-electron chi connectivity index (χ3n) is 3.41. The first kappa shape index (κ1) is 13.1. The van der Waals surface area contributed by atoms with Crippen LogP contribution in [-0.2, 0) is 18.4 Å². The van der Waals surface area contributed by atoms with E-state index in [0.717, 1.165) is 32.7 Å². The number of carboxylic acid groups (broad SMARTS) is 1. The molecular formula is C13H21N3O2. The van der Waals surface area contributed by atoms with E-state index in [-0.39, 0.29) is 6.42 Å². The topological polar surface area (TPSA) is 48.7 Å². The number of carboxylic acids is 1. The van der Waals surface area contributed by atoms with Crippen molar-refractivity contribution in [3.05, 3.63) is 24.0 Å². The average Bonchev–Trinajstić information content (AvgIpc) is 2.74. The first-order chi connectivity index (χ1) is 8.63. The van der Waals surface area contributed by atoms with Gasteiger partial charge in [0, 0.05) is 58.7 Å². The lowest BCUT2D eigenvalue weighted by molar-refractivity contribution is -0.137. The zero-order chi connectivity index (χ0) is 13.0. The van der Waals surface area contributed by atoms with E-state index in [2.05, 4.69) is 32.8 Å². The molecule has 0 bridgehead atoms. The molecule has 0 spiro atoms. The Bertz CT molecular complexity index is 395. The average molecular weight is 251 g/mol. The predicted octanol–water partition coefficient (Wildman–Crippen LogP) is 0.617. The number of carbonyl (C=O) groups is 1. The Hall–Kier alpha value is -1.33. The maximum absolute atomic E-state index is 10.5. The Morgan fingerprint density at radius 1 is 1.28 bits per heavy atom. The molecule has 100 valence electrons. The molecule has 1 fully saturated rings. The SMILES string of the molecule is Cn1ccc(CN2CCN(CCC(=O)O)CC2)c1. The number of hydrogen-bond donors (Lipinski definition) is 1. The number of rotatable bonds is 5. The van der Waals surface area contributed by atoms with Crippen molar-refractivity contribution in [2.75, 3.05) is 32.7 Å². The maximum atomic E-state index is 10.5. The van der Waals surface area contributed by atoms with Crippen LogP contribution in [0.15, 0.2) is 18.5 Å². The summed E-state index contributed by atoms with van der Waals surface area (Å²) in [5, 5.41) is 8.65. The highest BCUT2D eigenvalue weighted by Crippen LogP contribution is 2.09. The summed E-state index contributed by atoms with van der Waals surface area (Å²) < 4.78 is 2.07. The van der Waals surface area contributed by atoms with Gasteiger partial charge in [-0.05, 0) is 11.6 Å². The minimum Gasteiger partial charge on any atom is -0.481 e. The molecule has 0 aromatic carbocycles. The molecular weight excluding hydrogens is 230 g/mol. The molecule has 0 unspecified atom stereocenters. The van der Waals surface area contributed by atoms with E-state index in [0.29, 0.717) is 6.54 Å². The van der Waals surface area contributed by atoms with Gasteiger partial charge in [-0.3, -0.25) is 9.69 Å². The summed E-state index contributed by atoms with van der Waals surface area (Å²) in [6.45, 7) is 5.66. The van der Waals surface area contributed by atoms with Gasteiger partial charge >= 0.3 is 5.97 Å². The largest absolute Gasteiger partial charge is 0.481 e. The first-order valence-corrected chi connectivity index (χ1v) is 6.41. The number of nitrogens with zero attached hydrogens (tertiary/aromatic N) is 3. The molecule has 1 aromatic heterocycles. The molecule has 18 heavy (non-hydrogen) atoms. The van der Waals surface area contributed by atoms with Crippen molar-refractivity contribution in [2.45, 2.75) is 13.0 Å². The molecule has 1 aliphatic rings. The minimum atomic E-state index is -0.707. The van der Waals surface area contributed by atoms with Crippen LogP contribution in [0.5, 0.6) is 0 Å². The fraction of sp³-hybridized carbons (Fsp3) is 0.615. The van der Waals surface area contributed by atoms with Gasteiger partial charge in [0.15, 0.2) is 0 Å². The normalized spacial score (nSPS) is 18.1. The standard InChI is InChI=1S/C13H21N3O2/c1-14-4-2-12(10-14)11-16-8-6-15(7-9-16)5-3-13(17)18/h2,4,10H,3,5-9,11H2,1H3,(H,17,18). The molecule has 0 amide bonds. The summed E-state index contributed by atoms with van der Waals surface area (Å²) in [6.07, 6.45) is 4.47. The van der Waals surface area contributed by atoms with E-state index in [1.165, 1.54) is 5.56 Å². The molecule has 1 aliphatic heterocycles. The van der Waals surface area contributed by atoms with Crippen LogP contribution < -0.4 is 0 Å². The Kier molecular flexibility index (Phi) is 4.38. The minimum absolute atomic E-state index is 0.249. The van der Waals surface area contributed by atoms with E-state index >= 15 is 0 Å². The molecule has 5 nitrogen and oxygen atoms in total. The first-order valence-electron chi connectivity index (χ1n) is 6.41. The lowest BCUT2D eigenvalue weighted by atomic mass is 10.2. The van der Waals surface area contributed by atoms with Gasteiger partial charge in [0.05, 0.1) is 6.42 Å². The summed E-state index contributed by atoms with van der Waals surface area (Å²) in [6, 6.07) is 2.15. The van der Waals surface area contributed by atoms with Gasteiger partial charge in [-0.2, -0.15) is 0 Å². The molecule has 0 atom stereocenters. The van der Waals surface area contributed by atoms with E-state index < -0.39 is 5.97 Å². The number of piperazine rings is 1. The maximum Gasteiger partial charge on any atom is 0.304 e. The third-order valence-corrected chi connectivity index (χ3v) is 3.41. The summed E-state index contributed by atoms with van der Waals surface area (Å²) in [7, 11) is 2.04. The molecule has 2 rings (SSSR count). The fourth-order valence-corrected chi connectivity index (χ4v) is 2.34. The number of aromatic nitrogens is 1. The van der Waals surface area contributed by atoms with Crippen molar-refractivity contribution in [1.82, 2.24) is 14.4 Å². The Labute approximate surface area is 108 Å². The van der Waals surface area contributed by atoms with Crippen LogP contribution in [0, 0.1) is 0 Å². The number of hydrogen-bond acceptors (Lipinski definition) is 3. The Morgan fingerprint density at radius 2 is 1.94 bits per heavy atom. The number of aliphatic carboxylic acids is 1. The van der Waals surface area contributed by atoms with E-state index in [1.807, 2.05) is 7.05 Å². The van der Waals surface area contributed by atoms with E-state index in [9.17, 15) is 4.79 Å². The lowest BCUT2D eigenvalue weighted by Gasteiger charge is -2.34. The second-order valence-corrected chi connectivity index (χ2v) is 4.95. The van der Waals surface area contributed by atoms with Crippen molar-refractivity contribution < 1.29 is 9.90 Å². The molecule has 0 aliphatic carbocycles. The van der Waals surface area contributed by atoms with Crippen molar-refractivity contribution in [3.63, 3.8) is 0 Å². The predicted molar refractivity (Wildman–Crippen MR) is 69.4 cm³/mol. The highest BCUT2D eigenvalue weighted by atomic mass is 16.4. The summed E-state index contributed by atoms with van der Waals surface area (Å²) in [5.41, 5.74) is 1.34. The molecule has 1 aromatic rings. The van der Waals surface area contributed by atoms with Crippen LogP contribution in [0.4, 0.5) is 0 Å². The van der Waals surface area contributed by atoms with Gasteiger partial charge < -0.3 is 14.6 Å². The second-order valence-electron chi connectivity index (χ2n) is 4.95. The van der Waals surface area contributed by atoms with Crippen molar-refractivity contribution in [2.24, 2.45) is 7.05 Å². The van der Waals surface area contributed by atoms with Crippen LogP contribution in [-0.4, -0.2) is 58.2 Å². The third kappa shape index (κ3) is 3.85.